The number of benzene rings is 1. The SMILES string of the molecule is O=C(CCc1cc(F)ccc1F)Nc1n[nH]c(C(F)(F)F)n1. The molecule has 1 heterocycles. The molecule has 5 nitrogen and oxygen atoms in total. The summed E-state index contributed by atoms with van der Waals surface area (Å²) < 4.78 is 63.1. The third-order valence-corrected chi connectivity index (χ3v) is 2.63. The predicted molar refractivity (Wildman–Crippen MR) is 64.7 cm³/mol. The molecule has 0 fully saturated rings. The van der Waals surface area contributed by atoms with E-state index in [9.17, 15) is 26.7 Å². The molecule has 10 heteroatoms. The van der Waals surface area contributed by atoms with E-state index in [1.807, 2.05) is 5.32 Å². The maximum absolute atomic E-state index is 13.3. The van der Waals surface area contributed by atoms with Crippen LogP contribution in [0.4, 0.5) is 27.9 Å². The van der Waals surface area contributed by atoms with E-state index >= 15 is 0 Å². The largest absolute Gasteiger partial charge is 0.451 e. The second-order valence-electron chi connectivity index (χ2n) is 4.29. The summed E-state index contributed by atoms with van der Waals surface area (Å²) in [6.45, 7) is 0. The monoisotopic (exact) mass is 320 g/mol. The van der Waals surface area contributed by atoms with Crippen LogP contribution in [0.5, 0.6) is 0 Å². The van der Waals surface area contributed by atoms with E-state index in [1.165, 1.54) is 0 Å². The number of aromatic amines is 1. The van der Waals surface area contributed by atoms with Crippen LogP contribution >= 0.6 is 0 Å². The van der Waals surface area contributed by atoms with Gasteiger partial charge in [0, 0.05) is 6.42 Å². The van der Waals surface area contributed by atoms with Crippen molar-refractivity contribution >= 4 is 11.9 Å². The molecule has 0 spiro atoms. The Balaban J connectivity index is 1.93. The van der Waals surface area contributed by atoms with Gasteiger partial charge in [0.25, 0.3) is 0 Å². The van der Waals surface area contributed by atoms with Crippen molar-refractivity contribution in [2.75, 3.05) is 5.32 Å². The summed E-state index contributed by atoms with van der Waals surface area (Å²) in [5.74, 6) is -3.94. The Bertz CT molecular complexity index is 682. The van der Waals surface area contributed by atoms with E-state index in [-0.39, 0.29) is 18.4 Å². The lowest BCUT2D eigenvalue weighted by molar-refractivity contribution is -0.144. The van der Waals surface area contributed by atoms with Crippen LogP contribution in [0.15, 0.2) is 18.2 Å². The molecule has 1 aromatic heterocycles. The molecule has 2 rings (SSSR count). The molecule has 0 atom stereocenters. The Morgan fingerprint density at radius 1 is 1.27 bits per heavy atom. The van der Waals surface area contributed by atoms with Crippen LogP contribution in [0.2, 0.25) is 0 Å². The van der Waals surface area contributed by atoms with Crippen molar-refractivity contribution in [2.45, 2.75) is 19.0 Å². The molecule has 0 aliphatic carbocycles. The highest BCUT2D eigenvalue weighted by Crippen LogP contribution is 2.26. The smallest absolute Gasteiger partial charge is 0.293 e. The van der Waals surface area contributed by atoms with Crippen LogP contribution in [0.1, 0.15) is 17.8 Å². The highest BCUT2D eigenvalue weighted by atomic mass is 19.4. The molecule has 1 amide bonds. The average Bonchev–Trinajstić information content (AvgIpc) is 2.88. The molecule has 0 bridgehead atoms. The molecule has 1 aromatic carbocycles. The molecule has 0 radical (unpaired) electrons. The number of aromatic nitrogens is 3. The van der Waals surface area contributed by atoms with E-state index in [0.29, 0.717) is 0 Å². The summed E-state index contributed by atoms with van der Waals surface area (Å²) in [7, 11) is 0. The Hall–Kier alpha value is -2.52. The molecular weight excluding hydrogens is 311 g/mol. The van der Waals surface area contributed by atoms with Gasteiger partial charge in [-0.3, -0.25) is 15.2 Å². The highest BCUT2D eigenvalue weighted by molar-refractivity contribution is 5.89. The van der Waals surface area contributed by atoms with Crippen LogP contribution in [-0.4, -0.2) is 21.1 Å². The van der Waals surface area contributed by atoms with Crippen molar-refractivity contribution in [3.8, 4) is 0 Å². The zero-order valence-electron chi connectivity index (χ0n) is 10.8. The normalized spacial score (nSPS) is 11.5. The van der Waals surface area contributed by atoms with Gasteiger partial charge in [0.05, 0.1) is 0 Å². The van der Waals surface area contributed by atoms with E-state index in [4.69, 9.17) is 0 Å². The molecule has 0 saturated carbocycles. The number of rotatable bonds is 4. The average molecular weight is 320 g/mol. The number of aryl methyl sites for hydroxylation is 1. The number of alkyl halides is 3. The molecule has 2 N–H and O–H groups in total. The van der Waals surface area contributed by atoms with Crippen molar-refractivity contribution in [1.29, 1.82) is 0 Å². The summed E-state index contributed by atoms with van der Waals surface area (Å²) in [6.07, 6.45) is -5.09. The minimum absolute atomic E-state index is 0.0129. The number of amides is 1. The van der Waals surface area contributed by atoms with Gasteiger partial charge in [0.2, 0.25) is 17.7 Å². The van der Waals surface area contributed by atoms with Crippen LogP contribution < -0.4 is 5.32 Å². The molecule has 2 aromatic rings. The zero-order valence-corrected chi connectivity index (χ0v) is 10.8. The Kier molecular flexibility index (Phi) is 4.38. The summed E-state index contributed by atoms with van der Waals surface area (Å²) >= 11 is 0. The fourth-order valence-electron chi connectivity index (χ4n) is 1.61. The van der Waals surface area contributed by atoms with Crippen LogP contribution in [0.25, 0.3) is 0 Å². The number of hydrogen-bond donors (Lipinski definition) is 2. The minimum atomic E-state index is -4.71. The van der Waals surface area contributed by atoms with Crippen molar-refractivity contribution in [2.24, 2.45) is 0 Å². The molecule has 0 aliphatic rings. The lowest BCUT2D eigenvalue weighted by atomic mass is 10.1. The number of H-pyrrole nitrogens is 1. The molecule has 0 unspecified atom stereocenters. The van der Waals surface area contributed by atoms with Gasteiger partial charge in [-0.2, -0.15) is 18.2 Å². The first-order chi connectivity index (χ1) is 10.3. The van der Waals surface area contributed by atoms with Gasteiger partial charge in [-0.25, -0.2) is 8.78 Å². The molecular formula is C12H9F5N4O. The number of carbonyl (C=O) groups is 1. The van der Waals surface area contributed by atoms with Gasteiger partial charge in [-0.05, 0) is 30.2 Å². The lowest BCUT2D eigenvalue weighted by Gasteiger charge is -2.03. The number of anilines is 1. The van der Waals surface area contributed by atoms with Crippen LogP contribution in [-0.2, 0) is 17.4 Å². The van der Waals surface area contributed by atoms with Crippen molar-refractivity contribution < 1.29 is 26.7 Å². The third kappa shape index (κ3) is 3.99. The Morgan fingerprint density at radius 3 is 2.64 bits per heavy atom. The van der Waals surface area contributed by atoms with Gasteiger partial charge in [-0.15, -0.1) is 5.10 Å². The second kappa shape index (κ2) is 6.08. The van der Waals surface area contributed by atoms with E-state index in [1.54, 1.807) is 5.10 Å². The summed E-state index contributed by atoms with van der Waals surface area (Å²) in [4.78, 5) is 14.6. The predicted octanol–water partition coefficient (Wildman–Crippen LogP) is 2.67. The van der Waals surface area contributed by atoms with Gasteiger partial charge < -0.3 is 0 Å². The molecule has 0 aliphatic heterocycles. The Labute approximate surface area is 120 Å². The quantitative estimate of drug-likeness (QED) is 0.851. The van der Waals surface area contributed by atoms with Crippen LogP contribution in [0.3, 0.4) is 0 Å². The summed E-state index contributed by atoms with van der Waals surface area (Å²) in [5, 5.41) is 6.85. The van der Waals surface area contributed by atoms with E-state index in [2.05, 4.69) is 10.1 Å². The minimum Gasteiger partial charge on any atom is -0.293 e. The first kappa shape index (κ1) is 15.9. The van der Waals surface area contributed by atoms with Gasteiger partial charge in [0.1, 0.15) is 11.6 Å². The zero-order chi connectivity index (χ0) is 16.3. The fourth-order valence-corrected chi connectivity index (χ4v) is 1.61. The summed E-state index contributed by atoms with van der Waals surface area (Å²) in [5.41, 5.74) is -0.0129. The van der Waals surface area contributed by atoms with E-state index in [0.717, 1.165) is 18.2 Å². The first-order valence-corrected chi connectivity index (χ1v) is 5.99. The third-order valence-electron chi connectivity index (χ3n) is 2.63. The maximum Gasteiger partial charge on any atom is 0.451 e. The fraction of sp³-hybridized carbons (Fsp3) is 0.250. The molecule has 118 valence electrons. The number of nitrogens with one attached hydrogen (secondary N) is 2. The van der Waals surface area contributed by atoms with Gasteiger partial charge in [0.15, 0.2) is 0 Å². The number of halogens is 5. The molecule has 0 saturated heterocycles. The lowest BCUT2D eigenvalue weighted by Crippen LogP contribution is -2.14. The van der Waals surface area contributed by atoms with Gasteiger partial charge >= 0.3 is 6.18 Å². The maximum atomic E-state index is 13.3. The van der Waals surface area contributed by atoms with Crippen LogP contribution in [0, 0.1) is 11.6 Å². The number of hydrogen-bond acceptors (Lipinski definition) is 3. The number of carbonyl (C=O) groups excluding carboxylic acids is 1. The van der Waals surface area contributed by atoms with Crippen molar-refractivity contribution in [1.82, 2.24) is 15.2 Å². The topological polar surface area (TPSA) is 70.7 Å². The Morgan fingerprint density at radius 2 is 2.00 bits per heavy atom. The molecule has 22 heavy (non-hydrogen) atoms. The van der Waals surface area contributed by atoms with Gasteiger partial charge in [-0.1, -0.05) is 0 Å². The second-order valence-corrected chi connectivity index (χ2v) is 4.29. The van der Waals surface area contributed by atoms with E-state index < -0.39 is 35.5 Å². The number of nitrogens with zero attached hydrogens (tertiary/aromatic N) is 2. The summed E-state index contributed by atoms with van der Waals surface area (Å²) in [6, 6.07) is 2.80. The van der Waals surface area contributed by atoms with Crippen molar-refractivity contribution in [3.05, 3.63) is 41.2 Å². The first-order valence-electron chi connectivity index (χ1n) is 5.99. The highest BCUT2D eigenvalue weighted by Gasteiger charge is 2.35. The standard InChI is InChI=1S/C12H9F5N4O/c13-7-2-3-8(14)6(5-7)1-4-9(22)18-11-19-10(20-21-11)12(15,16)17/h2-3,5H,1,4H2,(H2,18,19,20,21,22). The van der Waals surface area contributed by atoms with Crippen molar-refractivity contribution in [3.63, 3.8) is 0 Å².